The van der Waals surface area contributed by atoms with Crippen LogP contribution < -0.4 is 4.83 Å². The first kappa shape index (κ1) is 14.7. The molecule has 104 valence electrons. The van der Waals surface area contributed by atoms with Crippen molar-refractivity contribution >= 4 is 32.2 Å². The molecule has 0 aliphatic rings. The Morgan fingerprint density at radius 3 is 2.25 bits per heavy atom. The van der Waals surface area contributed by atoms with E-state index < -0.39 is 15.8 Å². The van der Waals surface area contributed by atoms with E-state index >= 15 is 0 Å². The van der Waals surface area contributed by atoms with Crippen LogP contribution in [0.1, 0.15) is 5.56 Å². The molecule has 7 heteroatoms. The highest BCUT2D eigenvalue weighted by Crippen LogP contribution is 2.10. The van der Waals surface area contributed by atoms with Crippen LogP contribution in [0.3, 0.4) is 0 Å². The molecule has 2 rings (SSSR count). The molecule has 0 saturated carbocycles. The van der Waals surface area contributed by atoms with Crippen LogP contribution >= 0.6 is 15.9 Å². The zero-order valence-electron chi connectivity index (χ0n) is 10.1. The fourth-order valence-electron chi connectivity index (χ4n) is 1.39. The maximum atomic E-state index is 12.7. The second kappa shape index (κ2) is 6.15. The molecule has 20 heavy (non-hydrogen) atoms. The number of hydrazone groups is 1. The molecule has 0 aromatic heterocycles. The molecular weight excluding hydrogens is 347 g/mol. The van der Waals surface area contributed by atoms with E-state index in [2.05, 4.69) is 25.9 Å². The highest BCUT2D eigenvalue weighted by molar-refractivity contribution is 9.10. The smallest absolute Gasteiger partial charge is 0.207 e. The van der Waals surface area contributed by atoms with Crippen LogP contribution in [-0.2, 0) is 10.0 Å². The molecule has 4 nitrogen and oxygen atoms in total. The first-order valence-corrected chi connectivity index (χ1v) is 7.81. The van der Waals surface area contributed by atoms with E-state index in [0.717, 1.165) is 22.2 Å². The maximum Gasteiger partial charge on any atom is 0.276 e. The van der Waals surface area contributed by atoms with Crippen molar-refractivity contribution < 1.29 is 12.8 Å². The highest BCUT2D eigenvalue weighted by Gasteiger charge is 2.12. The van der Waals surface area contributed by atoms with Crippen LogP contribution in [0.25, 0.3) is 0 Å². The van der Waals surface area contributed by atoms with E-state index in [1.165, 1.54) is 18.3 Å². The molecule has 0 bridgehead atoms. The summed E-state index contributed by atoms with van der Waals surface area (Å²) < 4.78 is 37.3. The Labute approximate surface area is 124 Å². The molecule has 0 aliphatic heterocycles. The molecule has 2 aromatic carbocycles. The van der Waals surface area contributed by atoms with Gasteiger partial charge in [0.2, 0.25) is 0 Å². The van der Waals surface area contributed by atoms with Gasteiger partial charge < -0.3 is 0 Å². The number of nitrogens with one attached hydrogen (secondary N) is 1. The van der Waals surface area contributed by atoms with Crippen molar-refractivity contribution in [3.8, 4) is 0 Å². The standard InChI is InChI=1S/C13H10BrFN2O2S/c14-11-3-1-10(2-4-11)9-16-17-20(18,19)13-7-5-12(15)6-8-13/h1-9,17H/b16-9+. The van der Waals surface area contributed by atoms with E-state index in [1.54, 1.807) is 12.1 Å². The summed E-state index contributed by atoms with van der Waals surface area (Å²) >= 11 is 3.30. The number of hydrogen-bond acceptors (Lipinski definition) is 3. The summed E-state index contributed by atoms with van der Waals surface area (Å²) in [5.41, 5.74) is 0.745. The molecule has 0 fully saturated rings. The summed E-state index contributed by atoms with van der Waals surface area (Å²) in [4.78, 5) is 2.02. The Kier molecular flexibility index (Phi) is 4.51. The van der Waals surface area contributed by atoms with E-state index in [0.29, 0.717) is 0 Å². The second-order valence-electron chi connectivity index (χ2n) is 3.86. The molecule has 0 spiro atoms. The fourth-order valence-corrected chi connectivity index (χ4v) is 2.44. The summed E-state index contributed by atoms with van der Waals surface area (Å²) in [6.45, 7) is 0. The second-order valence-corrected chi connectivity index (χ2v) is 6.43. The Balaban J connectivity index is 2.09. The van der Waals surface area contributed by atoms with Gasteiger partial charge in [0.25, 0.3) is 10.0 Å². The number of hydrogen-bond donors (Lipinski definition) is 1. The molecule has 0 radical (unpaired) electrons. The highest BCUT2D eigenvalue weighted by atomic mass is 79.9. The Morgan fingerprint density at radius 2 is 1.65 bits per heavy atom. The van der Waals surface area contributed by atoms with Crippen LogP contribution in [-0.4, -0.2) is 14.6 Å². The van der Waals surface area contributed by atoms with Crippen LogP contribution in [0.5, 0.6) is 0 Å². The fraction of sp³-hybridized carbons (Fsp3) is 0. The van der Waals surface area contributed by atoms with Gasteiger partial charge in [0.1, 0.15) is 5.82 Å². The van der Waals surface area contributed by atoms with Crippen LogP contribution in [0, 0.1) is 5.82 Å². The van der Waals surface area contributed by atoms with Crippen molar-refractivity contribution in [2.75, 3.05) is 0 Å². The maximum absolute atomic E-state index is 12.7. The van der Waals surface area contributed by atoms with Gasteiger partial charge in [0.15, 0.2) is 0 Å². The minimum atomic E-state index is -3.78. The van der Waals surface area contributed by atoms with Gasteiger partial charge in [0, 0.05) is 4.47 Å². The van der Waals surface area contributed by atoms with Gasteiger partial charge in [0.05, 0.1) is 11.1 Å². The Hall–Kier alpha value is -1.73. The number of nitrogens with zero attached hydrogens (tertiary/aromatic N) is 1. The predicted octanol–water partition coefficient (Wildman–Crippen LogP) is 2.90. The van der Waals surface area contributed by atoms with Gasteiger partial charge in [-0.15, -0.1) is 0 Å². The molecule has 0 atom stereocenters. The topological polar surface area (TPSA) is 58.5 Å². The van der Waals surface area contributed by atoms with Crippen LogP contribution in [0.4, 0.5) is 4.39 Å². The Morgan fingerprint density at radius 1 is 1.05 bits per heavy atom. The van der Waals surface area contributed by atoms with E-state index in [1.807, 2.05) is 12.1 Å². The molecule has 0 unspecified atom stereocenters. The van der Waals surface area contributed by atoms with Gasteiger partial charge in [-0.3, -0.25) is 0 Å². The van der Waals surface area contributed by atoms with Gasteiger partial charge in [-0.05, 0) is 42.0 Å². The average molecular weight is 357 g/mol. The number of rotatable bonds is 4. The van der Waals surface area contributed by atoms with Crippen LogP contribution in [0.2, 0.25) is 0 Å². The Bertz CT molecular complexity index is 713. The molecule has 2 aromatic rings. The van der Waals surface area contributed by atoms with Crippen molar-refractivity contribution in [2.24, 2.45) is 5.10 Å². The van der Waals surface area contributed by atoms with Crippen molar-refractivity contribution in [1.29, 1.82) is 0 Å². The summed E-state index contributed by atoms with van der Waals surface area (Å²) in [6, 6.07) is 11.7. The zero-order chi connectivity index (χ0) is 14.6. The van der Waals surface area contributed by atoms with Crippen molar-refractivity contribution in [3.63, 3.8) is 0 Å². The summed E-state index contributed by atoms with van der Waals surface area (Å²) in [5.74, 6) is -0.498. The third-order valence-corrected chi connectivity index (χ3v) is 4.15. The number of halogens is 2. The number of sulfonamides is 1. The SMILES string of the molecule is O=S(=O)(N/N=C/c1ccc(Br)cc1)c1ccc(F)cc1. The summed E-state index contributed by atoms with van der Waals surface area (Å²) in [7, 11) is -3.78. The third-order valence-electron chi connectivity index (χ3n) is 2.38. The zero-order valence-corrected chi connectivity index (χ0v) is 12.5. The predicted molar refractivity (Wildman–Crippen MR) is 78.5 cm³/mol. The molecule has 1 N–H and O–H groups in total. The lowest BCUT2D eigenvalue weighted by atomic mass is 10.2. The average Bonchev–Trinajstić information content (AvgIpc) is 2.41. The van der Waals surface area contributed by atoms with Crippen LogP contribution in [0.15, 0.2) is 63.0 Å². The first-order chi connectivity index (χ1) is 9.47. The molecule has 0 saturated heterocycles. The van der Waals surface area contributed by atoms with E-state index in [4.69, 9.17) is 0 Å². The lowest BCUT2D eigenvalue weighted by Crippen LogP contribution is -2.18. The molecule has 0 aliphatic carbocycles. The van der Waals surface area contributed by atoms with Gasteiger partial charge in [-0.2, -0.15) is 13.5 Å². The summed E-state index contributed by atoms with van der Waals surface area (Å²) in [6.07, 6.45) is 1.38. The molecular formula is C13H10BrFN2O2S. The minimum absolute atomic E-state index is 0.0492. The van der Waals surface area contributed by atoms with Crippen molar-refractivity contribution in [2.45, 2.75) is 4.90 Å². The molecule has 0 amide bonds. The van der Waals surface area contributed by atoms with E-state index in [-0.39, 0.29) is 4.90 Å². The normalized spacial score (nSPS) is 11.7. The largest absolute Gasteiger partial charge is 0.276 e. The lowest BCUT2D eigenvalue weighted by Gasteiger charge is -2.02. The van der Waals surface area contributed by atoms with E-state index in [9.17, 15) is 12.8 Å². The van der Waals surface area contributed by atoms with Crippen molar-refractivity contribution in [1.82, 2.24) is 4.83 Å². The minimum Gasteiger partial charge on any atom is -0.207 e. The monoisotopic (exact) mass is 356 g/mol. The summed E-state index contributed by atoms with van der Waals surface area (Å²) in [5, 5.41) is 3.67. The third kappa shape index (κ3) is 3.88. The van der Waals surface area contributed by atoms with Crippen molar-refractivity contribution in [3.05, 3.63) is 64.4 Å². The molecule has 0 heterocycles. The quantitative estimate of drug-likeness (QED) is 0.676. The van der Waals surface area contributed by atoms with Gasteiger partial charge in [-0.1, -0.05) is 28.1 Å². The number of benzene rings is 2. The first-order valence-electron chi connectivity index (χ1n) is 5.53. The van der Waals surface area contributed by atoms with Gasteiger partial charge in [-0.25, -0.2) is 9.22 Å². The van der Waals surface area contributed by atoms with Gasteiger partial charge >= 0.3 is 0 Å². The lowest BCUT2D eigenvalue weighted by molar-refractivity contribution is 0.583.